The van der Waals surface area contributed by atoms with Crippen molar-refractivity contribution in [1.29, 1.82) is 0 Å². The van der Waals surface area contributed by atoms with E-state index in [1.165, 1.54) is 6.07 Å². The molecule has 2 N–H and O–H groups in total. The lowest BCUT2D eigenvalue weighted by Crippen LogP contribution is -2.15. The maximum atomic E-state index is 13.6. The zero-order valence-electron chi connectivity index (χ0n) is 12.4. The summed E-state index contributed by atoms with van der Waals surface area (Å²) in [5.41, 5.74) is -0.326. The fraction of sp³-hybridized carbons (Fsp3) is 0.0588. The van der Waals surface area contributed by atoms with Crippen LogP contribution in [0.2, 0.25) is 0 Å². The highest BCUT2D eigenvalue weighted by molar-refractivity contribution is 7.51. The molecule has 7 heteroatoms. The maximum Gasteiger partial charge on any atom is 0.456 e. The van der Waals surface area contributed by atoms with E-state index in [-0.39, 0.29) is 11.3 Å². The highest BCUT2D eigenvalue weighted by Crippen LogP contribution is 2.41. The minimum absolute atomic E-state index is 0.209. The van der Waals surface area contributed by atoms with E-state index in [2.05, 4.69) is 5.09 Å². The van der Waals surface area contributed by atoms with Crippen molar-refractivity contribution in [3.8, 4) is 5.75 Å². The van der Waals surface area contributed by atoms with Crippen LogP contribution < -0.4 is 9.61 Å². The monoisotopic (exact) mass is 349 g/mol. The number of hydrogen-bond acceptors (Lipinski definition) is 2. The third-order valence-electron chi connectivity index (χ3n) is 3.49. The van der Waals surface area contributed by atoms with Crippen LogP contribution in [0.5, 0.6) is 5.75 Å². The van der Waals surface area contributed by atoms with Crippen molar-refractivity contribution in [2.45, 2.75) is 6.54 Å². The first-order valence-electron chi connectivity index (χ1n) is 7.14. The van der Waals surface area contributed by atoms with Gasteiger partial charge in [-0.1, -0.05) is 42.5 Å². The lowest BCUT2D eigenvalue weighted by molar-refractivity contribution is 0.364. The van der Waals surface area contributed by atoms with Crippen LogP contribution in [0, 0.1) is 11.6 Å². The van der Waals surface area contributed by atoms with Gasteiger partial charge in [0, 0.05) is 17.5 Å². The highest BCUT2D eigenvalue weighted by atomic mass is 31.2. The number of hydrogen-bond donors (Lipinski definition) is 2. The molecule has 0 radical (unpaired) electrons. The molecular weight excluding hydrogens is 335 g/mol. The second kappa shape index (κ2) is 6.69. The fourth-order valence-corrected chi connectivity index (χ4v) is 3.17. The summed E-state index contributed by atoms with van der Waals surface area (Å²) in [6.07, 6.45) is 0. The molecule has 0 amide bonds. The Morgan fingerprint density at radius 1 is 0.958 bits per heavy atom. The first-order valence-corrected chi connectivity index (χ1v) is 8.72. The second-order valence-corrected chi connectivity index (χ2v) is 6.66. The lowest BCUT2D eigenvalue weighted by atomic mass is 10.1. The van der Waals surface area contributed by atoms with Gasteiger partial charge in [-0.25, -0.2) is 18.4 Å². The van der Waals surface area contributed by atoms with Crippen LogP contribution in [-0.2, 0) is 11.1 Å². The van der Waals surface area contributed by atoms with E-state index in [0.717, 1.165) is 17.5 Å². The number of nitrogens with one attached hydrogen (secondary N) is 1. The fourth-order valence-electron chi connectivity index (χ4n) is 2.32. The zero-order chi connectivity index (χ0) is 17.2. The molecule has 3 aromatic carbocycles. The normalized spacial score (nSPS) is 13.6. The van der Waals surface area contributed by atoms with Gasteiger partial charge >= 0.3 is 7.75 Å². The Balaban J connectivity index is 1.80. The summed E-state index contributed by atoms with van der Waals surface area (Å²) in [7, 11) is -4.31. The third-order valence-corrected chi connectivity index (χ3v) is 4.49. The van der Waals surface area contributed by atoms with Gasteiger partial charge in [-0.15, -0.1) is 0 Å². The third kappa shape index (κ3) is 3.62. The number of rotatable bonds is 5. The Kier molecular flexibility index (Phi) is 4.62. The maximum absolute atomic E-state index is 13.6. The van der Waals surface area contributed by atoms with Gasteiger partial charge in [0.25, 0.3) is 0 Å². The van der Waals surface area contributed by atoms with E-state index < -0.39 is 25.9 Å². The van der Waals surface area contributed by atoms with Crippen LogP contribution >= 0.6 is 7.75 Å². The summed E-state index contributed by atoms with van der Waals surface area (Å²) in [6, 6.07) is 15.7. The molecule has 0 aromatic heterocycles. The molecular formula is C17H14F2NO3P. The van der Waals surface area contributed by atoms with E-state index in [9.17, 15) is 18.2 Å². The zero-order valence-corrected chi connectivity index (χ0v) is 13.3. The molecule has 0 bridgehead atoms. The Hall–Kier alpha value is -2.27. The van der Waals surface area contributed by atoms with Crippen LogP contribution in [0.4, 0.5) is 8.78 Å². The summed E-state index contributed by atoms with van der Waals surface area (Å²) < 4.78 is 44.5. The summed E-state index contributed by atoms with van der Waals surface area (Å²) in [5, 5.41) is 3.68. The first kappa shape index (κ1) is 16.6. The molecule has 0 aliphatic carbocycles. The van der Waals surface area contributed by atoms with Crippen molar-refractivity contribution < 1.29 is 22.8 Å². The van der Waals surface area contributed by atoms with Crippen LogP contribution in [0.1, 0.15) is 5.56 Å². The largest absolute Gasteiger partial charge is 0.456 e. The van der Waals surface area contributed by atoms with Crippen LogP contribution in [0.3, 0.4) is 0 Å². The standard InChI is InChI=1S/C17H14F2NO3P/c18-15-8-4-9-16(19)14(15)11-20-24(21,22)23-17-10-3-6-12-5-1-2-7-13(12)17/h1-10H,11H2,(H2,20,21,22). The Morgan fingerprint density at radius 3 is 2.33 bits per heavy atom. The Labute approximate surface area is 137 Å². The number of fused-ring (bicyclic) bond motifs is 1. The molecule has 4 nitrogen and oxygen atoms in total. The quantitative estimate of drug-likeness (QED) is 0.671. The van der Waals surface area contributed by atoms with E-state index in [1.807, 2.05) is 18.2 Å². The van der Waals surface area contributed by atoms with Crippen molar-refractivity contribution in [3.05, 3.63) is 77.9 Å². The Bertz CT molecular complexity index is 907. The van der Waals surface area contributed by atoms with E-state index in [4.69, 9.17) is 4.52 Å². The highest BCUT2D eigenvalue weighted by Gasteiger charge is 2.23. The average Bonchev–Trinajstić information content (AvgIpc) is 2.54. The summed E-state index contributed by atoms with van der Waals surface area (Å²) >= 11 is 0. The Morgan fingerprint density at radius 2 is 1.58 bits per heavy atom. The topological polar surface area (TPSA) is 58.6 Å². The molecule has 0 fully saturated rings. The van der Waals surface area contributed by atoms with E-state index in [0.29, 0.717) is 5.39 Å². The van der Waals surface area contributed by atoms with Crippen molar-refractivity contribution in [1.82, 2.24) is 5.09 Å². The van der Waals surface area contributed by atoms with Gasteiger partial charge in [0.15, 0.2) is 0 Å². The minimum atomic E-state index is -4.31. The van der Waals surface area contributed by atoms with Crippen LogP contribution in [0.15, 0.2) is 60.7 Å². The lowest BCUT2D eigenvalue weighted by Gasteiger charge is -2.16. The molecule has 0 saturated heterocycles. The molecule has 0 saturated carbocycles. The van der Waals surface area contributed by atoms with E-state index >= 15 is 0 Å². The van der Waals surface area contributed by atoms with Gasteiger partial charge in [0.1, 0.15) is 17.4 Å². The SMILES string of the molecule is O=P(O)(NCc1c(F)cccc1F)Oc1cccc2ccccc12. The van der Waals surface area contributed by atoms with Crippen LogP contribution in [0.25, 0.3) is 10.8 Å². The summed E-state index contributed by atoms with van der Waals surface area (Å²) in [5.74, 6) is -1.39. The predicted molar refractivity (Wildman–Crippen MR) is 87.6 cm³/mol. The smallest absolute Gasteiger partial charge is 0.413 e. The molecule has 3 rings (SSSR count). The van der Waals surface area contributed by atoms with Gasteiger partial charge in [-0.3, -0.25) is 0 Å². The molecule has 24 heavy (non-hydrogen) atoms. The van der Waals surface area contributed by atoms with Gasteiger partial charge < -0.3 is 9.42 Å². The van der Waals surface area contributed by atoms with Gasteiger partial charge in [0.2, 0.25) is 0 Å². The van der Waals surface area contributed by atoms with Gasteiger partial charge in [0.05, 0.1) is 0 Å². The van der Waals surface area contributed by atoms with Gasteiger partial charge in [-0.2, -0.15) is 0 Å². The molecule has 0 aliphatic heterocycles. The summed E-state index contributed by atoms with van der Waals surface area (Å²) in [6.45, 7) is -0.475. The predicted octanol–water partition coefficient (Wildman–Crippen LogP) is 4.39. The van der Waals surface area contributed by atoms with E-state index in [1.54, 1.807) is 24.3 Å². The second-order valence-electron chi connectivity index (χ2n) is 5.12. The van der Waals surface area contributed by atoms with Crippen LogP contribution in [-0.4, -0.2) is 4.89 Å². The molecule has 124 valence electrons. The molecule has 0 spiro atoms. The number of benzene rings is 3. The van der Waals surface area contributed by atoms with Crippen molar-refractivity contribution in [2.24, 2.45) is 0 Å². The number of halogens is 2. The summed E-state index contributed by atoms with van der Waals surface area (Å²) in [4.78, 5) is 9.95. The molecule has 1 unspecified atom stereocenters. The minimum Gasteiger partial charge on any atom is -0.413 e. The average molecular weight is 349 g/mol. The van der Waals surface area contributed by atoms with Crippen molar-refractivity contribution in [3.63, 3.8) is 0 Å². The van der Waals surface area contributed by atoms with Gasteiger partial charge in [-0.05, 0) is 23.6 Å². The molecule has 0 aliphatic rings. The first-order chi connectivity index (χ1) is 11.5. The molecule has 3 aromatic rings. The molecule has 0 heterocycles. The molecule has 1 atom stereocenters. The van der Waals surface area contributed by atoms with Crippen molar-refractivity contribution >= 4 is 18.5 Å². The van der Waals surface area contributed by atoms with Crippen molar-refractivity contribution in [2.75, 3.05) is 0 Å².